The lowest BCUT2D eigenvalue weighted by Gasteiger charge is -2.17. The topological polar surface area (TPSA) is 55.4 Å². The number of benzene rings is 1. The second-order valence-electron chi connectivity index (χ2n) is 4.67. The van der Waals surface area contributed by atoms with E-state index in [1.165, 1.54) is 12.1 Å². The van der Waals surface area contributed by atoms with Crippen LogP contribution < -0.4 is 4.72 Å². The number of ether oxygens (including phenoxy) is 1. The van der Waals surface area contributed by atoms with Crippen molar-refractivity contribution in [3.05, 3.63) is 30.1 Å². The molecule has 1 fully saturated rings. The Labute approximate surface area is 113 Å². The molecule has 19 heavy (non-hydrogen) atoms. The highest BCUT2D eigenvalue weighted by Crippen LogP contribution is 2.23. The summed E-state index contributed by atoms with van der Waals surface area (Å²) in [7, 11) is -3.57. The first-order chi connectivity index (χ1) is 9.03. The van der Waals surface area contributed by atoms with Crippen molar-refractivity contribution in [1.82, 2.24) is 4.72 Å². The van der Waals surface area contributed by atoms with Crippen LogP contribution in [0.1, 0.15) is 19.8 Å². The molecule has 1 aliphatic heterocycles. The van der Waals surface area contributed by atoms with Crippen molar-refractivity contribution in [3.8, 4) is 0 Å². The zero-order chi connectivity index (χ0) is 13.9. The van der Waals surface area contributed by atoms with E-state index in [1.54, 1.807) is 0 Å². The van der Waals surface area contributed by atoms with Gasteiger partial charge in [-0.1, -0.05) is 6.92 Å². The molecule has 6 heteroatoms. The number of sulfonamides is 1. The maximum absolute atomic E-state index is 12.8. The van der Waals surface area contributed by atoms with Crippen LogP contribution >= 0.6 is 0 Å². The highest BCUT2D eigenvalue weighted by molar-refractivity contribution is 7.89. The summed E-state index contributed by atoms with van der Waals surface area (Å²) in [5.74, 6) is -0.241. The molecule has 2 atom stereocenters. The molecule has 1 aromatic carbocycles. The van der Waals surface area contributed by atoms with Gasteiger partial charge < -0.3 is 4.74 Å². The van der Waals surface area contributed by atoms with E-state index >= 15 is 0 Å². The highest BCUT2D eigenvalue weighted by atomic mass is 32.2. The van der Waals surface area contributed by atoms with Crippen molar-refractivity contribution in [3.63, 3.8) is 0 Å². The number of hydrogen-bond donors (Lipinski definition) is 1. The molecule has 0 aliphatic carbocycles. The highest BCUT2D eigenvalue weighted by Gasteiger charge is 2.28. The fourth-order valence-corrected chi connectivity index (χ4v) is 3.39. The van der Waals surface area contributed by atoms with Gasteiger partial charge in [-0.25, -0.2) is 17.5 Å². The third kappa shape index (κ3) is 3.52. The third-order valence-corrected chi connectivity index (χ3v) is 4.85. The van der Waals surface area contributed by atoms with E-state index in [0.29, 0.717) is 13.2 Å². The summed E-state index contributed by atoms with van der Waals surface area (Å²) in [5, 5.41) is 0. The summed E-state index contributed by atoms with van der Waals surface area (Å²) in [6.45, 7) is 3.07. The lowest BCUT2D eigenvalue weighted by atomic mass is 10.0. The molecule has 0 bridgehead atoms. The molecule has 0 spiro atoms. The van der Waals surface area contributed by atoms with Crippen molar-refractivity contribution in [2.75, 3.05) is 13.2 Å². The monoisotopic (exact) mass is 287 g/mol. The molecule has 0 saturated carbocycles. The van der Waals surface area contributed by atoms with Crippen LogP contribution in [0.3, 0.4) is 0 Å². The molecular weight excluding hydrogens is 269 g/mol. The van der Waals surface area contributed by atoms with E-state index in [4.69, 9.17) is 4.74 Å². The van der Waals surface area contributed by atoms with Crippen molar-refractivity contribution >= 4 is 10.0 Å². The Morgan fingerprint density at radius 1 is 1.37 bits per heavy atom. The molecule has 0 amide bonds. The minimum Gasteiger partial charge on any atom is -0.378 e. The Balaban J connectivity index is 2.00. The van der Waals surface area contributed by atoms with E-state index in [0.717, 1.165) is 25.0 Å². The van der Waals surface area contributed by atoms with Gasteiger partial charge in [-0.05, 0) is 37.1 Å². The molecule has 1 aliphatic rings. The normalized spacial score (nSPS) is 23.7. The Bertz CT molecular complexity index is 515. The minimum absolute atomic E-state index is 0.0841. The van der Waals surface area contributed by atoms with E-state index in [-0.39, 0.29) is 16.9 Å². The molecular formula is C13H18FNO3S. The second-order valence-corrected chi connectivity index (χ2v) is 6.44. The predicted octanol–water partition coefficient (Wildman–Crippen LogP) is 1.92. The van der Waals surface area contributed by atoms with Gasteiger partial charge >= 0.3 is 0 Å². The molecule has 0 aromatic heterocycles. The Morgan fingerprint density at radius 2 is 2.05 bits per heavy atom. The van der Waals surface area contributed by atoms with Crippen molar-refractivity contribution in [2.45, 2.75) is 30.8 Å². The van der Waals surface area contributed by atoms with E-state index < -0.39 is 15.8 Å². The van der Waals surface area contributed by atoms with E-state index in [2.05, 4.69) is 4.72 Å². The molecule has 0 radical (unpaired) electrons. The maximum Gasteiger partial charge on any atom is 0.240 e. The zero-order valence-corrected chi connectivity index (χ0v) is 11.6. The SMILES string of the molecule is CCC1OCCC1CNS(=O)(=O)c1ccc(F)cc1. The first-order valence-corrected chi connectivity index (χ1v) is 7.88. The van der Waals surface area contributed by atoms with Crippen LogP contribution in [0.4, 0.5) is 4.39 Å². The Morgan fingerprint density at radius 3 is 2.68 bits per heavy atom. The minimum atomic E-state index is -3.57. The van der Waals surface area contributed by atoms with Gasteiger partial charge in [-0.15, -0.1) is 0 Å². The summed E-state index contributed by atoms with van der Waals surface area (Å²) in [6.07, 6.45) is 1.86. The first kappa shape index (κ1) is 14.4. The van der Waals surface area contributed by atoms with Crippen LogP contribution in [-0.2, 0) is 14.8 Å². The smallest absolute Gasteiger partial charge is 0.240 e. The van der Waals surface area contributed by atoms with Crippen molar-refractivity contribution in [1.29, 1.82) is 0 Å². The fourth-order valence-electron chi connectivity index (χ4n) is 2.29. The summed E-state index contributed by atoms with van der Waals surface area (Å²) in [4.78, 5) is 0.0841. The molecule has 2 rings (SSSR count). The summed E-state index contributed by atoms with van der Waals surface area (Å²) in [5.41, 5.74) is 0. The Hall–Kier alpha value is -0.980. The molecule has 106 valence electrons. The van der Waals surface area contributed by atoms with Gasteiger partial charge in [0.2, 0.25) is 10.0 Å². The number of rotatable bonds is 5. The van der Waals surface area contributed by atoms with E-state index in [9.17, 15) is 12.8 Å². The van der Waals surface area contributed by atoms with Gasteiger partial charge in [-0.2, -0.15) is 0 Å². The summed E-state index contributed by atoms with van der Waals surface area (Å²) < 4.78 is 44.9. The molecule has 1 aromatic rings. The molecule has 1 N–H and O–H groups in total. The van der Waals surface area contributed by atoms with Crippen LogP contribution in [-0.4, -0.2) is 27.7 Å². The van der Waals surface area contributed by atoms with Gasteiger partial charge in [-0.3, -0.25) is 0 Å². The average molecular weight is 287 g/mol. The number of nitrogens with one attached hydrogen (secondary N) is 1. The summed E-state index contributed by atoms with van der Waals surface area (Å²) in [6, 6.07) is 4.81. The van der Waals surface area contributed by atoms with Gasteiger partial charge in [0, 0.05) is 19.1 Å². The Kier molecular flexibility index (Phi) is 4.54. The standard InChI is InChI=1S/C13H18FNO3S/c1-2-13-10(7-8-18-13)9-15-19(16,17)12-5-3-11(14)4-6-12/h3-6,10,13,15H,2,7-9H2,1H3. The van der Waals surface area contributed by atoms with Gasteiger partial charge in [0.1, 0.15) is 5.82 Å². The molecule has 1 saturated heterocycles. The molecule has 1 heterocycles. The molecule has 2 unspecified atom stereocenters. The predicted molar refractivity (Wildman–Crippen MR) is 69.7 cm³/mol. The van der Waals surface area contributed by atoms with Gasteiger partial charge in [0.25, 0.3) is 0 Å². The quantitative estimate of drug-likeness (QED) is 0.900. The largest absolute Gasteiger partial charge is 0.378 e. The number of hydrogen-bond acceptors (Lipinski definition) is 3. The van der Waals surface area contributed by atoms with Crippen LogP contribution in [0.25, 0.3) is 0 Å². The van der Waals surface area contributed by atoms with Crippen LogP contribution in [0, 0.1) is 11.7 Å². The van der Waals surface area contributed by atoms with Crippen LogP contribution in [0.15, 0.2) is 29.2 Å². The van der Waals surface area contributed by atoms with Crippen molar-refractivity contribution < 1.29 is 17.5 Å². The van der Waals surface area contributed by atoms with E-state index in [1.807, 2.05) is 6.92 Å². The lowest BCUT2D eigenvalue weighted by Crippen LogP contribution is -2.32. The van der Waals surface area contributed by atoms with Crippen LogP contribution in [0.5, 0.6) is 0 Å². The average Bonchev–Trinajstić information content (AvgIpc) is 2.84. The summed E-state index contributed by atoms with van der Waals surface area (Å²) >= 11 is 0. The first-order valence-electron chi connectivity index (χ1n) is 6.40. The van der Waals surface area contributed by atoms with Crippen molar-refractivity contribution in [2.24, 2.45) is 5.92 Å². The van der Waals surface area contributed by atoms with Gasteiger partial charge in [0.15, 0.2) is 0 Å². The zero-order valence-electron chi connectivity index (χ0n) is 10.8. The maximum atomic E-state index is 12.8. The second kappa shape index (κ2) is 5.98. The lowest BCUT2D eigenvalue weighted by molar-refractivity contribution is 0.0884. The van der Waals surface area contributed by atoms with Gasteiger partial charge in [0.05, 0.1) is 11.0 Å². The fraction of sp³-hybridized carbons (Fsp3) is 0.538. The van der Waals surface area contributed by atoms with Crippen LogP contribution in [0.2, 0.25) is 0 Å². The molecule has 4 nitrogen and oxygen atoms in total. The third-order valence-electron chi connectivity index (χ3n) is 3.41. The number of halogens is 1.